The van der Waals surface area contributed by atoms with Crippen molar-refractivity contribution in [3.8, 4) is 5.69 Å². The first-order chi connectivity index (χ1) is 8.74. The maximum Gasteiger partial charge on any atom is 0.0496 e. The zero-order chi connectivity index (χ0) is 13.0. The lowest BCUT2D eigenvalue weighted by molar-refractivity contribution is 0.656. The minimum Gasteiger partial charge on any atom is -0.319 e. The summed E-state index contributed by atoms with van der Waals surface area (Å²) in [7, 11) is 0. The van der Waals surface area contributed by atoms with Gasteiger partial charge in [0.15, 0.2) is 0 Å². The van der Waals surface area contributed by atoms with E-state index in [1.54, 1.807) is 0 Å². The molecule has 1 N–H and O–H groups in total. The molecule has 0 aliphatic rings. The molecule has 2 aromatic rings. The summed E-state index contributed by atoms with van der Waals surface area (Å²) in [6, 6.07) is 10.2. The molecule has 0 aliphatic heterocycles. The molecule has 0 unspecified atom stereocenters. The van der Waals surface area contributed by atoms with E-state index in [1.807, 2.05) is 12.1 Å². The van der Waals surface area contributed by atoms with Gasteiger partial charge in [0.1, 0.15) is 0 Å². The van der Waals surface area contributed by atoms with Crippen LogP contribution in [0.25, 0.3) is 5.69 Å². The normalized spacial score (nSPS) is 10.8. The third kappa shape index (κ3) is 2.77. The van der Waals surface area contributed by atoms with E-state index in [-0.39, 0.29) is 0 Å². The molecule has 0 spiro atoms. The predicted molar refractivity (Wildman–Crippen MR) is 77.5 cm³/mol. The van der Waals surface area contributed by atoms with Gasteiger partial charge in [-0.05, 0) is 49.7 Å². The average molecular weight is 263 g/mol. The van der Waals surface area contributed by atoms with Gasteiger partial charge in [0.2, 0.25) is 0 Å². The monoisotopic (exact) mass is 262 g/mol. The molecule has 0 saturated carbocycles. The Balaban J connectivity index is 2.28. The van der Waals surface area contributed by atoms with Gasteiger partial charge < -0.3 is 9.88 Å². The van der Waals surface area contributed by atoms with E-state index < -0.39 is 0 Å². The smallest absolute Gasteiger partial charge is 0.0496 e. The first-order valence-corrected chi connectivity index (χ1v) is 6.74. The van der Waals surface area contributed by atoms with Crippen LogP contribution in [0.1, 0.15) is 24.6 Å². The Morgan fingerprint density at radius 2 is 2.06 bits per heavy atom. The highest BCUT2D eigenvalue weighted by molar-refractivity contribution is 6.31. The van der Waals surface area contributed by atoms with Crippen LogP contribution in [-0.4, -0.2) is 11.1 Å². The fourth-order valence-corrected chi connectivity index (χ4v) is 2.22. The fourth-order valence-electron chi connectivity index (χ4n) is 2.05. The molecule has 0 saturated heterocycles. The molecule has 2 rings (SSSR count). The highest BCUT2D eigenvalue weighted by atomic mass is 35.5. The van der Waals surface area contributed by atoms with Crippen molar-refractivity contribution in [3.63, 3.8) is 0 Å². The number of nitrogens with zero attached hydrogens (tertiary/aromatic N) is 1. The van der Waals surface area contributed by atoms with Crippen molar-refractivity contribution < 1.29 is 0 Å². The second-order valence-corrected chi connectivity index (χ2v) is 4.84. The van der Waals surface area contributed by atoms with E-state index in [0.717, 1.165) is 35.8 Å². The maximum absolute atomic E-state index is 6.18. The molecular formula is C15H19ClN2. The van der Waals surface area contributed by atoms with Gasteiger partial charge in [-0.25, -0.2) is 0 Å². The summed E-state index contributed by atoms with van der Waals surface area (Å²) in [5.74, 6) is 0. The number of nitrogens with one attached hydrogen (secondary N) is 1. The topological polar surface area (TPSA) is 17.0 Å². The molecule has 0 radical (unpaired) electrons. The summed E-state index contributed by atoms with van der Waals surface area (Å²) in [4.78, 5) is 0. The number of hydrogen-bond acceptors (Lipinski definition) is 1. The van der Waals surface area contributed by atoms with Crippen LogP contribution in [0.4, 0.5) is 0 Å². The minimum atomic E-state index is 0.814. The Labute approximate surface area is 114 Å². The standard InChI is InChI=1S/C15H19ClN2/c1-3-9-17-11-13-6-5-10-18(13)15-8-4-7-14(16)12(15)2/h4-8,10,17H,3,9,11H2,1-2H3. The van der Waals surface area contributed by atoms with Gasteiger partial charge in [-0.1, -0.05) is 24.6 Å². The Morgan fingerprint density at radius 3 is 2.83 bits per heavy atom. The third-order valence-electron chi connectivity index (χ3n) is 3.06. The SMILES string of the molecule is CCCNCc1cccn1-c1cccc(Cl)c1C. The lowest BCUT2D eigenvalue weighted by Gasteiger charge is -2.13. The quantitative estimate of drug-likeness (QED) is 0.808. The van der Waals surface area contributed by atoms with Crippen LogP contribution in [-0.2, 0) is 6.54 Å². The molecule has 3 heteroatoms. The molecule has 0 atom stereocenters. The molecule has 0 aliphatic carbocycles. The Kier molecular flexibility index (Phi) is 4.45. The van der Waals surface area contributed by atoms with Crippen LogP contribution in [0.3, 0.4) is 0 Å². The largest absolute Gasteiger partial charge is 0.319 e. The van der Waals surface area contributed by atoms with Crippen LogP contribution in [0.5, 0.6) is 0 Å². The molecular weight excluding hydrogens is 244 g/mol. The van der Waals surface area contributed by atoms with E-state index in [4.69, 9.17) is 11.6 Å². The van der Waals surface area contributed by atoms with Crippen molar-refractivity contribution in [1.29, 1.82) is 0 Å². The zero-order valence-corrected chi connectivity index (χ0v) is 11.7. The average Bonchev–Trinajstić information content (AvgIpc) is 2.81. The van der Waals surface area contributed by atoms with Crippen molar-refractivity contribution in [2.75, 3.05) is 6.54 Å². The summed E-state index contributed by atoms with van der Waals surface area (Å²) in [6.07, 6.45) is 3.23. The summed E-state index contributed by atoms with van der Waals surface area (Å²) < 4.78 is 2.20. The highest BCUT2D eigenvalue weighted by Crippen LogP contribution is 2.23. The van der Waals surface area contributed by atoms with Crippen LogP contribution in [0.15, 0.2) is 36.5 Å². The van der Waals surface area contributed by atoms with Gasteiger partial charge >= 0.3 is 0 Å². The summed E-state index contributed by atoms with van der Waals surface area (Å²) in [6.45, 7) is 6.15. The van der Waals surface area contributed by atoms with Crippen LogP contribution >= 0.6 is 11.6 Å². The predicted octanol–water partition coefficient (Wildman–Crippen LogP) is 3.94. The summed E-state index contributed by atoms with van der Waals surface area (Å²) >= 11 is 6.18. The van der Waals surface area contributed by atoms with E-state index in [0.29, 0.717) is 0 Å². The molecule has 0 amide bonds. The Morgan fingerprint density at radius 1 is 1.22 bits per heavy atom. The number of rotatable bonds is 5. The lowest BCUT2D eigenvalue weighted by Crippen LogP contribution is -2.16. The molecule has 96 valence electrons. The number of benzene rings is 1. The number of hydrogen-bond donors (Lipinski definition) is 1. The van der Waals surface area contributed by atoms with Crippen molar-refractivity contribution in [2.45, 2.75) is 26.8 Å². The van der Waals surface area contributed by atoms with E-state index in [9.17, 15) is 0 Å². The molecule has 2 nitrogen and oxygen atoms in total. The van der Waals surface area contributed by atoms with Crippen molar-refractivity contribution in [1.82, 2.24) is 9.88 Å². The number of halogens is 1. The first-order valence-electron chi connectivity index (χ1n) is 6.36. The van der Waals surface area contributed by atoms with Gasteiger partial charge in [-0.15, -0.1) is 0 Å². The van der Waals surface area contributed by atoms with E-state index in [2.05, 4.69) is 48.1 Å². The van der Waals surface area contributed by atoms with E-state index in [1.165, 1.54) is 5.69 Å². The number of aromatic nitrogens is 1. The molecule has 18 heavy (non-hydrogen) atoms. The molecule has 1 aromatic carbocycles. The first kappa shape index (κ1) is 13.2. The van der Waals surface area contributed by atoms with Crippen molar-refractivity contribution in [3.05, 3.63) is 52.8 Å². The van der Waals surface area contributed by atoms with Crippen LogP contribution in [0.2, 0.25) is 5.02 Å². The summed E-state index contributed by atoms with van der Waals surface area (Å²) in [5, 5.41) is 4.24. The second-order valence-electron chi connectivity index (χ2n) is 4.43. The van der Waals surface area contributed by atoms with Crippen molar-refractivity contribution in [2.24, 2.45) is 0 Å². The molecule has 0 bridgehead atoms. The van der Waals surface area contributed by atoms with Crippen LogP contribution < -0.4 is 5.32 Å². The van der Waals surface area contributed by atoms with Gasteiger partial charge in [0.25, 0.3) is 0 Å². The van der Waals surface area contributed by atoms with Gasteiger partial charge in [-0.2, -0.15) is 0 Å². The van der Waals surface area contributed by atoms with Gasteiger partial charge in [0, 0.05) is 29.1 Å². The Bertz CT molecular complexity index is 517. The molecule has 1 heterocycles. The highest BCUT2D eigenvalue weighted by Gasteiger charge is 2.07. The second kappa shape index (κ2) is 6.07. The van der Waals surface area contributed by atoms with Gasteiger partial charge in [0.05, 0.1) is 0 Å². The maximum atomic E-state index is 6.18. The van der Waals surface area contributed by atoms with Gasteiger partial charge in [-0.3, -0.25) is 0 Å². The lowest BCUT2D eigenvalue weighted by atomic mass is 10.2. The third-order valence-corrected chi connectivity index (χ3v) is 3.47. The molecule has 1 aromatic heterocycles. The zero-order valence-electron chi connectivity index (χ0n) is 10.9. The minimum absolute atomic E-state index is 0.814. The fraction of sp³-hybridized carbons (Fsp3) is 0.333. The van der Waals surface area contributed by atoms with Crippen LogP contribution in [0, 0.1) is 6.92 Å². The summed E-state index contributed by atoms with van der Waals surface area (Å²) in [5.41, 5.74) is 3.53. The molecule has 0 fully saturated rings. The van der Waals surface area contributed by atoms with Crippen molar-refractivity contribution >= 4 is 11.6 Å². The Hall–Kier alpha value is -1.25. The van der Waals surface area contributed by atoms with E-state index >= 15 is 0 Å².